The second kappa shape index (κ2) is 9.01. The molecule has 1 aromatic carbocycles. The standard InChI is InChI=1S/C19H25N3O3/c1-4-25-19(24)11-8-12-20-18(23)13-17-14(2)21-22(15(17)3)16-9-6-5-7-10-16/h5-7,9-10H,4,8,11-13H2,1-3H3,(H,20,23). The third-order valence-corrected chi connectivity index (χ3v) is 3.96. The molecule has 0 radical (unpaired) electrons. The van der Waals surface area contributed by atoms with Crippen molar-refractivity contribution in [2.75, 3.05) is 13.2 Å². The fourth-order valence-corrected chi connectivity index (χ4v) is 2.67. The van der Waals surface area contributed by atoms with E-state index in [1.54, 1.807) is 6.92 Å². The van der Waals surface area contributed by atoms with E-state index in [2.05, 4.69) is 10.4 Å². The second-order valence-electron chi connectivity index (χ2n) is 5.83. The van der Waals surface area contributed by atoms with E-state index < -0.39 is 0 Å². The maximum absolute atomic E-state index is 12.2. The average Bonchev–Trinajstić information content (AvgIpc) is 2.88. The maximum atomic E-state index is 12.2. The van der Waals surface area contributed by atoms with Crippen LogP contribution in [0.25, 0.3) is 5.69 Å². The lowest BCUT2D eigenvalue weighted by atomic mass is 10.1. The van der Waals surface area contributed by atoms with Gasteiger partial charge in [-0.15, -0.1) is 0 Å². The van der Waals surface area contributed by atoms with Gasteiger partial charge in [0, 0.05) is 24.2 Å². The van der Waals surface area contributed by atoms with Crippen LogP contribution in [-0.2, 0) is 20.7 Å². The van der Waals surface area contributed by atoms with Crippen LogP contribution in [-0.4, -0.2) is 34.8 Å². The number of aromatic nitrogens is 2. The van der Waals surface area contributed by atoms with Crippen LogP contribution in [0.5, 0.6) is 0 Å². The molecular formula is C19H25N3O3. The zero-order chi connectivity index (χ0) is 18.2. The molecule has 0 fully saturated rings. The van der Waals surface area contributed by atoms with Gasteiger partial charge in [-0.05, 0) is 39.3 Å². The number of hydrogen-bond donors (Lipinski definition) is 1. The molecule has 1 aromatic heterocycles. The molecule has 0 aliphatic rings. The number of carbonyl (C=O) groups is 2. The van der Waals surface area contributed by atoms with Gasteiger partial charge in [0.05, 0.1) is 24.4 Å². The summed E-state index contributed by atoms with van der Waals surface area (Å²) in [5, 5.41) is 7.40. The molecule has 0 saturated carbocycles. The maximum Gasteiger partial charge on any atom is 0.305 e. The van der Waals surface area contributed by atoms with E-state index in [-0.39, 0.29) is 18.3 Å². The minimum absolute atomic E-state index is 0.0670. The molecule has 0 spiro atoms. The number of nitrogens with one attached hydrogen (secondary N) is 1. The van der Waals surface area contributed by atoms with Gasteiger partial charge in [0.15, 0.2) is 0 Å². The van der Waals surface area contributed by atoms with E-state index in [1.165, 1.54) is 0 Å². The van der Waals surface area contributed by atoms with Crippen LogP contribution in [0.15, 0.2) is 30.3 Å². The summed E-state index contributed by atoms with van der Waals surface area (Å²) in [6.45, 7) is 6.50. The van der Waals surface area contributed by atoms with Crippen molar-refractivity contribution in [1.82, 2.24) is 15.1 Å². The zero-order valence-electron chi connectivity index (χ0n) is 15.0. The molecule has 0 atom stereocenters. The Kier molecular flexibility index (Phi) is 6.74. The first-order valence-corrected chi connectivity index (χ1v) is 8.55. The molecule has 2 aromatic rings. The Morgan fingerprint density at radius 3 is 2.60 bits per heavy atom. The number of ether oxygens (including phenoxy) is 1. The van der Waals surface area contributed by atoms with E-state index in [0.29, 0.717) is 26.0 Å². The molecule has 0 aliphatic heterocycles. The Labute approximate surface area is 148 Å². The molecule has 1 N–H and O–H groups in total. The smallest absolute Gasteiger partial charge is 0.305 e. The number of aryl methyl sites for hydroxylation is 1. The van der Waals surface area contributed by atoms with E-state index >= 15 is 0 Å². The SMILES string of the molecule is CCOC(=O)CCCNC(=O)Cc1c(C)nn(-c2ccccc2)c1C. The summed E-state index contributed by atoms with van der Waals surface area (Å²) in [6.07, 6.45) is 1.17. The average molecular weight is 343 g/mol. The van der Waals surface area contributed by atoms with E-state index in [9.17, 15) is 9.59 Å². The molecule has 1 amide bonds. The Bertz CT molecular complexity index is 723. The van der Waals surface area contributed by atoms with Gasteiger partial charge < -0.3 is 10.1 Å². The number of amides is 1. The molecule has 2 rings (SSSR count). The first-order valence-electron chi connectivity index (χ1n) is 8.55. The fraction of sp³-hybridized carbons (Fsp3) is 0.421. The summed E-state index contributed by atoms with van der Waals surface area (Å²) in [6, 6.07) is 9.85. The van der Waals surface area contributed by atoms with Gasteiger partial charge in [0.2, 0.25) is 5.91 Å². The lowest BCUT2D eigenvalue weighted by Crippen LogP contribution is -2.27. The zero-order valence-corrected chi connectivity index (χ0v) is 15.0. The number of carbonyl (C=O) groups excluding carboxylic acids is 2. The lowest BCUT2D eigenvalue weighted by molar-refractivity contribution is -0.143. The Morgan fingerprint density at radius 1 is 1.20 bits per heavy atom. The van der Waals surface area contributed by atoms with Crippen LogP contribution in [0.1, 0.15) is 36.7 Å². The van der Waals surface area contributed by atoms with Crippen molar-refractivity contribution in [3.63, 3.8) is 0 Å². The van der Waals surface area contributed by atoms with Crippen LogP contribution in [0, 0.1) is 13.8 Å². The summed E-state index contributed by atoms with van der Waals surface area (Å²) in [5.41, 5.74) is 3.73. The van der Waals surface area contributed by atoms with Crippen LogP contribution in [0.4, 0.5) is 0 Å². The predicted octanol–water partition coefficient (Wildman–Crippen LogP) is 2.49. The molecule has 1 heterocycles. The lowest BCUT2D eigenvalue weighted by Gasteiger charge is -2.07. The first-order chi connectivity index (χ1) is 12.0. The van der Waals surface area contributed by atoms with E-state index in [4.69, 9.17) is 4.74 Å². The minimum atomic E-state index is -0.229. The van der Waals surface area contributed by atoms with Crippen molar-refractivity contribution < 1.29 is 14.3 Å². The highest BCUT2D eigenvalue weighted by Gasteiger charge is 2.15. The van der Waals surface area contributed by atoms with Crippen LogP contribution in [0.2, 0.25) is 0 Å². The van der Waals surface area contributed by atoms with Crippen molar-refractivity contribution in [1.29, 1.82) is 0 Å². The molecule has 25 heavy (non-hydrogen) atoms. The quantitative estimate of drug-likeness (QED) is 0.590. The molecule has 0 bridgehead atoms. The van der Waals surface area contributed by atoms with E-state index in [0.717, 1.165) is 22.6 Å². The molecular weight excluding hydrogens is 318 g/mol. The van der Waals surface area contributed by atoms with Crippen LogP contribution >= 0.6 is 0 Å². The van der Waals surface area contributed by atoms with Gasteiger partial charge in [-0.25, -0.2) is 4.68 Å². The predicted molar refractivity (Wildman–Crippen MR) is 95.6 cm³/mol. The number of esters is 1. The third kappa shape index (κ3) is 5.17. The van der Waals surface area contributed by atoms with Crippen molar-refractivity contribution in [2.45, 2.75) is 40.0 Å². The summed E-state index contributed by atoms with van der Waals surface area (Å²) in [5.74, 6) is -0.296. The third-order valence-electron chi connectivity index (χ3n) is 3.96. The normalized spacial score (nSPS) is 10.5. The van der Waals surface area contributed by atoms with Crippen LogP contribution < -0.4 is 5.32 Å². The second-order valence-corrected chi connectivity index (χ2v) is 5.83. The largest absolute Gasteiger partial charge is 0.466 e. The Balaban J connectivity index is 1.91. The molecule has 6 nitrogen and oxygen atoms in total. The number of hydrogen-bond acceptors (Lipinski definition) is 4. The molecule has 134 valence electrons. The summed E-state index contributed by atoms with van der Waals surface area (Å²) < 4.78 is 6.72. The van der Waals surface area contributed by atoms with Gasteiger partial charge in [0.1, 0.15) is 0 Å². The summed E-state index contributed by atoms with van der Waals surface area (Å²) in [4.78, 5) is 23.4. The van der Waals surface area contributed by atoms with Gasteiger partial charge in [-0.1, -0.05) is 18.2 Å². The summed E-state index contributed by atoms with van der Waals surface area (Å²) in [7, 11) is 0. The topological polar surface area (TPSA) is 73.2 Å². The van der Waals surface area contributed by atoms with Gasteiger partial charge in [-0.2, -0.15) is 5.10 Å². The van der Waals surface area contributed by atoms with Crippen LogP contribution in [0.3, 0.4) is 0 Å². The monoisotopic (exact) mass is 343 g/mol. The highest BCUT2D eigenvalue weighted by atomic mass is 16.5. The highest BCUT2D eigenvalue weighted by Crippen LogP contribution is 2.18. The summed E-state index contributed by atoms with van der Waals surface area (Å²) >= 11 is 0. The Morgan fingerprint density at radius 2 is 1.92 bits per heavy atom. The first kappa shape index (κ1) is 18.7. The molecule has 0 saturated heterocycles. The molecule has 6 heteroatoms. The van der Waals surface area contributed by atoms with Crippen molar-refractivity contribution in [3.05, 3.63) is 47.3 Å². The van der Waals surface area contributed by atoms with Crippen molar-refractivity contribution in [2.24, 2.45) is 0 Å². The van der Waals surface area contributed by atoms with Crippen molar-refractivity contribution in [3.8, 4) is 5.69 Å². The fourth-order valence-electron chi connectivity index (χ4n) is 2.67. The molecule has 0 unspecified atom stereocenters. The number of benzene rings is 1. The molecule has 0 aliphatic carbocycles. The van der Waals surface area contributed by atoms with Gasteiger partial charge in [-0.3, -0.25) is 9.59 Å². The van der Waals surface area contributed by atoms with Gasteiger partial charge in [0.25, 0.3) is 0 Å². The number of para-hydroxylation sites is 1. The number of nitrogens with zero attached hydrogens (tertiary/aromatic N) is 2. The van der Waals surface area contributed by atoms with E-state index in [1.807, 2.05) is 48.9 Å². The Hall–Kier alpha value is -2.63. The minimum Gasteiger partial charge on any atom is -0.466 e. The highest BCUT2D eigenvalue weighted by molar-refractivity contribution is 5.79. The number of rotatable bonds is 8. The van der Waals surface area contributed by atoms with Gasteiger partial charge >= 0.3 is 5.97 Å². The van der Waals surface area contributed by atoms with Crippen molar-refractivity contribution >= 4 is 11.9 Å².